The molecule has 0 saturated carbocycles. The minimum absolute atomic E-state index is 0.0258. The molecule has 0 bridgehead atoms. The SMILES string of the molecule is C/C(=N/Nc1ccc(S(N)(=O)=O)cc1[N+](=O)[O-])c1cc2ccccc2o1. The van der Waals surface area contributed by atoms with Crippen molar-refractivity contribution >= 4 is 38.1 Å². The zero-order valence-electron chi connectivity index (χ0n) is 13.5. The molecule has 9 nitrogen and oxygen atoms in total. The van der Waals surface area contributed by atoms with Gasteiger partial charge in [-0.3, -0.25) is 15.5 Å². The summed E-state index contributed by atoms with van der Waals surface area (Å²) in [5.41, 5.74) is 3.29. The fourth-order valence-corrected chi connectivity index (χ4v) is 2.83. The van der Waals surface area contributed by atoms with Gasteiger partial charge in [0.1, 0.15) is 17.0 Å². The molecule has 2 aromatic carbocycles. The number of nitrogens with one attached hydrogen (secondary N) is 1. The molecular formula is C16H14N4O5S. The highest BCUT2D eigenvalue weighted by Gasteiger charge is 2.19. The van der Waals surface area contributed by atoms with Crippen molar-refractivity contribution in [3.63, 3.8) is 0 Å². The number of nitrogens with zero attached hydrogens (tertiary/aromatic N) is 2. The third-order valence-corrected chi connectivity index (χ3v) is 4.53. The minimum Gasteiger partial charge on any atom is -0.455 e. The Morgan fingerprint density at radius 2 is 1.96 bits per heavy atom. The molecule has 10 heteroatoms. The van der Waals surface area contributed by atoms with Gasteiger partial charge < -0.3 is 4.42 Å². The number of nitro groups is 1. The second-order valence-electron chi connectivity index (χ2n) is 5.44. The van der Waals surface area contributed by atoms with Crippen molar-refractivity contribution in [3.8, 4) is 0 Å². The molecule has 0 spiro atoms. The van der Waals surface area contributed by atoms with Crippen molar-refractivity contribution in [2.24, 2.45) is 10.2 Å². The number of para-hydroxylation sites is 1. The van der Waals surface area contributed by atoms with Crippen molar-refractivity contribution in [1.82, 2.24) is 0 Å². The maximum atomic E-state index is 11.4. The third-order valence-electron chi connectivity index (χ3n) is 3.62. The van der Waals surface area contributed by atoms with E-state index in [1.54, 1.807) is 13.0 Å². The van der Waals surface area contributed by atoms with Crippen LogP contribution in [-0.4, -0.2) is 19.1 Å². The topological polar surface area (TPSA) is 141 Å². The second-order valence-corrected chi connectivity index (χ2v) is 7.00. The van der Waals surface area contributed by atoms with Crippen LogP contribution in [0.4, 0.5) is 11.4 Å². The summed E-state index contributed by atoms with van der Waals surface area (Å²) in [4.78, 5) is 10.1. The summed E-state index contributed by atoms with van der Waals surface area (Å²) in [5.74, 6) is 0.502. The number of fused-ring (bicyclic) bond motifs is 1. The molecule has 3 rings (SSSR count). The summed E-state index contributed by atoms with van der Waals surface area (Å²) in [6.45, 7) is 1.68. The first kappa shape index (κ1) is 17.6. The van der Waals surface area contributed by atoms with Gasteiger partial charge in [0, 0.05) is 11.5 Å². The first-order valence-corrected chi connectivity index (χ1v) is 8.91. The van der Waals surface area contributed by atoms with Gasteiger partial charge in [0.25, 0.3) is 5.69 Å². The fourth-order valence-electron chi connectivity index (χ4n) is 2.29. The highest BCUT2D eigenvalue weighted by molar-refractivity contribution is 7.89. The summed E-state index contributed by atoms with van der Waals surface area (Å²) in [6.07, 6.45) is 0. The van der Waals surface area contributed by atoms with Crippen molar-refractivity contribution in [2.45, 2.75) is 11.8 Å². The van der Waals surface area contributed by atoms with Gasteiger partial charge >= 0.3 is 0 Å². The number of sulfonamides is 1. The third kappa shape index (κ3) is 3.55. The van der Waals surface area contributed by atoms with E-state index in [0.717, 1.165) is 17.5 Å². The van der Waals surface area contributed by atoms with E-state index in [2.05, 4.69) is 10.5 Å². The van der Waals surface area contributed by atoms with Gasteiger partial charge in [-0.1, -0.05) is 18.2 Å². The van der Waals surface area contributed by atoms with Crippen LogP contribution in [-0.2, 0) is 10.0 Å². The van der Waals surface area contributed by atoms with Crippen LogP contribution in [0.1, 0.15) is 12.7 Å². The van der Waals surface area contributed by atoms with E-state index in [9.17, 15) is 18.5 Å². The molecule has 0 aliphatic heterocycles. The maximum Gasteiger partial charge on any atom is 0.295 e. The van der Waals surface area contributed by atoms with Crippen molar-refractivity contribution in [1.29, 1.82) is 0 Å². The average Bonchev–Trinajstić information content (AvgIpc) is 3.02. The lowest BCUT2D eigenvalue weighted by atomic mass is 10.2. The number of hydrogen-bond donors (Lipinski definition) is 2. The molecule has 0 aliphatic carbocycles. The predicted molar refractivity (Wildman–Crippen MR) is 96.5 cm³/mol. The lowest BCUT2D eigenvalue weighted by Gasteiger charge is -2.05. The number of nitro benzene ring substituents is 1. The summed E-state index contributed by atoms with van der Waals surface area (Å²) in [6, 6.07) is 12.5. The normalized spacial score (nSPS) is 12.3. The second kappa shape index (κ2) is 6.58. The van der Waals surface area contributed by atoms with E-state index in [4.69, 9.17) is 9.56 Å². The first-order chi connectivity index (χ1) is 12.3. The smallest absolute Gasteiger partial charge is 0.295 e. The fraction of sp³-hybridized carbons (Fsp3) is 0.0625. The Hall–Kier alpha value is -3.24. The maximum absolute atomic E-state index is 11.4. The van der Waals surface area contributed by atoms with Gasteiger partial charge in [-0.2, -0.15) is 5.10 Å². The molecule has 3 N–H and O–H groups in total. The predicted octanol–water partition coefficient (Wildman–Crippen LogP) is 2.82. The molecule has 0 atom stereocenters. The number of primary sulfonamides is 1. The first-order valence-electron chi connectivity index (χ1n) is 7.36. The zero-order chi connectivity index (χ0) is 18.9. The lowest BCUT2D eigenvalue weighted by molar-refractivity contribution is -0.384. The number of nitrogens with two attached hydrogens (primary N) is 1. The van der Waals surface area contributed by atoms with E-state index >= 15 is 0 Å². The van der Waals surface area contributed by atoms with Crippen LogP contribution in [0.25, 0.3) is 11.0 Å². The Morgan fingerprint density at radius 3 is 2.62 bits per heavy atom. The number of benzene rings is 2. The van der Waals surface area contributed by atoms with Gasteiger partial charge in [-0.25, -0.2) is 13.6 Å². The van der Waals surface area contributed by atoms with Crippen molar-refractivity contribution < 1.29 is 17.8 Å². The molecule has 0 fully saturated rings. The van der Waals surface area contributed by atoms with Crippen LogP contribution < -0.4 is 10.6 Å². The van der Waals surface area contributed by atoms with Crippen LogP contribution in [0.15, 0.2) is 62.9 Å². The number of hydrazone groups is 1. The number of anilines is 1. The average molecular weight is 374 g/mol. The van der Waals surface area contributed by atoms with Gasteiger partial charge in [-0.05, 0) is 31.2 Å². The minimum atomic E-state index is -4.05. The van der Waals surface area contributed by atoms with Crippen LogP contribution in [0, 0.1) is 10.1 Å². The van der Waals surface area contributed by atoms with E-state index in [-0.39, 0.29) is 10.6 Å². The van der Waals surface area contributed by atoms with Crippen LogP contribution in [0.2, 0.25) is 0 Å². The highest BCUT2D eigenvalue weighted by Crippen LogP contribution is 2.27. The van der Waals surface area contributed by atoms with E-state index < -0.39 is 20.6 Å². The Bertz CT molecular complexity index is 1100. The highest BCUT2D eigenvalue weighted by atomic mass is 32.2. The molecule has 0 aliphatic rings. The Labute approximate surface area is 148 Å². The van der Waals surface area contributed by atoms with Crippen LogP contribution in [0.3, 0.4) is 0 Å². The zero-order valence-corrected chi connectivity index (χ0v) is 14.4. The molecule has 134 valence electrons. The number of rotatable bonds is 5. The molecule has 3 aromatic rings. The molecule has 0 unspecified atom stereocenters. The van der Waals surface area contributed by atoms with E-state index in [0.29, 0.717) is 17.1 Å². The largest absolute Gasteiger partial charge is 0.455 e. The van der Waals surface area contributed by atoms with Gasteiger partial charge in [0.2, 0.25) is 10.0 Å². The lowest BCUT2D eigenvalue weighted by Crippen LogP contribution is -2.12. The van der Waals surface area contributed by atoms with Crippen molar-refractivity contribution in [3.05, 3.63) is 64.4 Å². The Balaban J connectivity index is 1.92. The quantitative estimate of drug-likeness (QED) is 0.399. The Kier molecular flexibility index (Phi) is 4.45. The summed E-state index contributed by atoms with van der Waals surface area (Å²) in [7, 11) is -4.05. The van der Waals surface area contributed by atoms with E-state index in [1.807, 2.05) is 24.3 Å². The van der Waals surface area contributed by atoms with Gasteiger partial charge in [0.15, 0.2) is 5.76 Å². The number of furan rings is 1. The monoisotopic (exact) mass is 374 g/mol. The summed E-state index contributed by atoms with van der Waals surface area (Å²) < 4.78 is 28.4. The standard InChI is InChI=1S/C16H14N4O5S/c1-10(16-8-11-4-2-3-5-15(11)25-16)18-19-13-7-6-12(26(17,23)24)9-14(13)20(21)22/h2-9,19H,1H3,(H2,17,23,24)/b18-10-. The number of hydrogen-bond acceptors (Lipinski definition) is 7. The van der Waals surface area contributed by atoms with Crippen LogP contribution >= 0.6 is 0 Å². The van der Waals surface area contributed by atoms with Crippen LogP contribution in [0.5, 0.6) is 0 Å². The molecule has 0 saturated heterocycles. The molecule has 1 aromatic heterocycles. The summed E-state index contributed by atoms with van der Waals surface area (Å²) >= 11 is 0. The van der Waals surface area contributed by atoms with Crippen molar-refractivity contribution in [2.75, 3.05) is 5.43 Å². The van der Waals surface area contributed by atoms with Gasteiger partial charge in [0.05, 0.1) is 9.82 Å². The molecule has 0 amide bonds. The van der Waals surface area contributed by atoms with Gasteiger partial charge in [-0.15, -0.1) is 0 Å². The molecule has 26 heavy (non-hydrogen) atoms. The molecule has 0 radical (unpaired) electrons. The van der Waals surface area contributed by atoms with E-state index in [1.165, 1.54) is 6.07 Å². The molecular weight excluding hydrogens is 360 g/mol. The molecule has 1 heterocycles. The summed E-state index contributed by atoms with van der Waals surface area (Å²) in [5, 5.41) is 21.2. The Morgan fingerprint density at radius 1 is 1.23 bits per heavy atom.